The van der Waals surface area contributed by atoms with Gasteiger partial charge in [0, 0.05) is 6.61 Å². The molecular formula is C34H52O8S. The minimum atomic E-state index is -3.49. The second-order valence-corrected chi connectivity index (χ2v) is 13.3. The van der Waals surface area contributed by atoms with Crippen LogP contribution in [0.1, 0.15) is 120 Å². The largest absolute Gasteiger partial charge is 0.507 e. The number of aliphatic hydroxyl groups excluding tert-OH is 1. The number of sulfone groups is 1. The third kappa shape index (κ3) is 16.0. The van der Waals surface area contributed by atoms with Gasteiger partial charge in [-0.3, -0.25) is 0 Å². The Morgan fingerprint density at radius 1 is 0.605 bits per heavy atom. The average molecular weight is 621 g/mol. The quantitative estimate of drug-likeness (QED) is 0.0904. The molecular weight excluding hydrogens is 568 g/mol. The Morgan fingerprint density at radius 2 is 1.05 bits per heavy atom. The van der Waals surface area contributed by atoms with E-state index in [1.54, 1.807) is 24.3 Å². The molecule has 0 aliphatic carbocycles. The van der Waals surface area contributed by atoms with Crippen LogP contribution in [0.15, 0.2) is 47.4 Å². The number of hydrogen-bond acceptors (Lipinski definition) is 7. The van der Waals surface area contributed by atoms with Crippen LogP contribution in [0.5, 0.6) is 17.2 Å². The summed E-state index contributed by atoms with van der Waals surface area (Å²) in [5.41, 5.74) is -0.270. The number of ether oxygens (including phenoxy) is 2. The van der Waals surface area contributed by atoms with Crippen molar-refractivity contribution in [1.82, 2.24) is 0 Å². The van der Waals surface area contributed by atoms with E-state index in [0.29, 0.717) is 19.0 Å². The minimum Gasteiger partial charge on any atom is -0.507 e. The third-order valence-electron chi connectivity index (χ3n) is 7.53. The van der Waals surface area contributed by atoms with Crippen molar-refractivity contribution in [3.05, 3.63) is 48.0 Å². The summed E-state index contributed by atoms with van der Waals surface area (Å²) in [5, 5.41) is 27.4. The van der Waals surface area contributed by atoms with E-state index in [1.165, 1.54) is 102 Å². The zero-order chi connectivity index (χ0) is 31.2. The van der Waals surface area contributed by atoms with Crippen LogP contribution in [0.2, 0.25) is 0 Å². The number of carboxylic acid groups (broad SMARTS) is 1. The van der Waals surface area contributed by atoms with Gasteiger partial charge in [0.2, 0.25) is 0 Å². The summed E-state index contributed by atoms with van der Waals surface area (Å²) in [6.07, 6.45) is 20.2. The third-order valence-corrected chi connectivity index (χ3v) is 9.35. The van der Waals surface area contributed by atoms with Crippen molar-refractivity contribution in [2.75, 3.05) is 25.6 Å². The SMILES string of the molecule is O=C(O)c1cc(OCCCS(=O)(=O)c2ccc(OCCCCCCCCCCCCCCCCCCO)cc2)ccc1O. The topological polar surface area (TPSA) is 130 Å². The molecule has 0 saturated carbocycles. The van der Waals surface area contributed by atoms with E-state index >= 15 is 0 Å². The monoisotopic (exact) mass is 620 g/mol. The molecule has 2 rings (SSSR count). The Kier molecular flexibility index (Phi) is 18.5. The Balaban J connectivity index is 1.47. The van der Waals surface area contributed by atoms with Gasteiger partial charge in [0.15, 0.2) is 9.84 Å². The zero-order valence-electron chi connectivity index (χ0n) is 25.7. The van der Waals surface area contributed by atoms with E-state index in [2.05, 4.69) is 0 Å². The Labute approximate surface area is 258 Å². The van der Waals surface area contributed by atoms with Gasteiger partial charge >= 0.3 is 5.97 Å². The number of aromatic hydroxyl groups is 1. The molecule has 0 bridgehead atoms. The maximum absolute atomic E-state index is 12.7. The Bertz CT molecular complexity index is 1130. The molecule has 0 saturated heterocycles. The molecule has 2 aromatic carbocycles. The molecule has 0 unspecified atom stereocenters. The summed E-state index contributed by atoms with van der Waals surface area (Å²) in [6, 6.07) is 10.4. The van der Waals surface area contributed by atoms with Crippen LogP contribution >= 0.6 is 0 Å². The smallest absolute Gasteiger partial charge is 0.339 e. The van der Waals surface area contributed by atoms with E-state index in [1.807, 2.05) is 0 Å². The first-order chi connectivity index (χ1) is 20.8. The fourth-order valence-electron chi connectivity index (χ4n) is 4.96. The van der Waals surface area contributed by atoms with Crippen molar-refractivity contribution < 1.29 is 38.0 Å². The number of aromatic carboxylic acids is 1. The van der Waals surface area contributed by atoms with Crippen LogP contribution in [-0.4, -0.2) is 55.3 Å². The molecule has 8 nitrogen and oxygen atoms in total. The minimum absolute atomic E-state index is 0.0957. The molecule has 0 amide bonds. The summed E-state index contributed by atoms with van der Waals surface area (Å²) in [4.78, 5) is 11.3. The molecule has 0 aliphatic heterocycles. The number of phenols is 1. The lowest BCUT2D eigenvalue weighted by atomic mass is 10.0. The van der Waals surface area contributed by atoms with Crippen LogP contribution in [-0.2, 0) is 9.84 Å². The van der Waals surface area contributed by atoms with E-state index in [-0.39, 0.29) is 40.7 Å². The molecule has 0 aliphatic rings. The number of unbranched alkanes of at least 4 members (excludes halogenated alkanes) is 15. The predicted molar refractivity (Wildman–Crippen MR) is 170 cm³/mol. The van der Waals surface area contributed by atoms with Crippen LogP contribution < -0.4 is 9.47 Å². The summed E-state index contributed by atoms with van der Waals surface area (Å²) >= 11 is 0. The predicted octanol–water partition coefficient (Wildman–Crippen LogP) is 7.95. The maximum Gasteiger partial charge on any atom is 0.339 e. The summed E-state index contributed by atoms with van der Waals surface area (Å²) in [6.45, 7) is 1.04. The molecule has 0 radical (unpaired) electrons. The van der Waals surface area contributed by atoms with Gasteiger partial charge in [0.25, 0.3) is 0 Å². The van der Waals surface area contributed by atoms with E-state index in [9.17, 15) is 18.3 Å². The van der Waals surface area contributed by atoms with Crippen molar-refractivity contribution in [3.63, 3.8) is 0 Å². The summed E-state index contributed by atoms with van der Waals surface area (Å²) in [5.74, 6) is -0.820. The van der Waals surface area contributed by atoms with Crippen LogP contribution in [0, 0.1) is 0 Å². The molecule has 9 heteroatoms. The van der Waals surface area contributed by atoms with E-state index < -0.39 is 15.8 Å². The van der Waals surface area contributed by atoms with Gasteiger partial charge in [-0.15, -0.1) is 0 Å². The fraction of sp³-hybridized carbons (Fsp3) is 0.618. The number of rotatable bonds is 26. The molecule has 0 heterocycles. The number of carbonyl (C=O) groups is 1. The molecule has 0 spiro atoms. The Morgan fingerprint density at radius 3 is 1.56 bits per heavy atom. The summed E-state index contributed by atoms with van der Waals surface area (Å²) < 4.78 is 36.6. The van der Waals surface area contributed by atoms with Crippen molar-refractivity contribution >= 4 is 15.8 Å². The highest BCUT2D eigenvalue weighted by Crippen LogP contribution is 2.24. The van der Waals surface area contributed by atoms with Crippen molar-refractivity contribution in [2.24, 2.45) is 0 Å². The second kappa shape index (κ2) is 21.8. The number of aliphatic hydroxyl groups is 1. The lowest BCUT2D eigenvalue weighted by molar-refractivity contribution is 0.0693. The number of hydrogen-bond donors (Lipinski definition) is 3. The standard InChI is InChI=1S/C34H52O8S/c35-24-15-13-11-9-7-5-3-1-2-4-6-8-10-12-14-16-25-41-29-18-21-31(22-19-29)43(39,40)27-17-26-42-30-20-23-33(36)32(28-30)34(37)38/h18-23,28,35-36H,1-17,24-27H2,(H,37,38). The summed E-state index contributed by atoms with van der Waals surface area (Å²) in [7, 11) is -3.49. The normalized spacial score (nSPS) is 11.5. The average Bonchev–Trinajstić information content (AvgIpc) is 2.99. The number of benzene rings is 2. The molecule has 3 N–H and O–H groups in total. The van der Waals surface area contributed by atoms with Gasteiger partial charge in [0.05, 0.1) is 23.9 Å². The lowest BCUT2D eigenvalue weighted by Gasteiger charge is -2.10. The fourth-order valence-corrected chi connectivity index (χ4v) is 6.24. The van der Waals surface area contributed by atoms with Gasteiger partial charge < -0.3 is 24.8 Å². The van der Waals surface area contributed by atoms with E-state index in [4.69, 9.17) is 19.7 Å². The highest BCUT2D eigenvalue weighted by Gasteiger charge is 2.15. The van der Waals surface area contributed by atoms with Crippen LogP contribution in [0.3, 0.4) is 0 Å². The molecule has 242 valence electrons. The van der Waals surface area contributed by atoms with Gasteiger partial charge in [0.1, 0.15) is 22.8 Å². The van der Waals surface area contributed by atoms with Crippen LogP contribution in [0.25, 0.3) is 0 Å². The van der Waals surface area contributed by atoms with Crippen molar-refractivity contribution in [1.29, 1.82) is 0 Å². The van der Waals surface area contributed by atoms with Gasteiger partial charge in [-0.1, -0.05) is 89.9 Å². The van der Waals surface area contributed by atoms with Crippen LogP contribution in [0.4, 0.5) is 0 Å². The maximum atomic E-state index is 12.7. The first-order valence-corrected chi connectivity index (χ1v) is 17.7. The molecule has 2 aromatic rings. The van der Waals surface area contributed by atoms with Gasteiger partial charge in [-0.25, -0.2) is 13.2 Å². The van der Waals surface area contributed by atoms with Crippen molar-refractivity contribution in [2.45, 2.75) is 114 Å². The molecule has 0 fully saturated rings. The highest BCUT2D eigenvalue weighted by atomic mass is 32.2. The Hall–Kier alpha value is -2.78. The highest BCUT2D eigenvalue weighted by molar-refractivity contribution is 7.91. The lowest BCUT2D eigenvalue weighted by Crippen LogP contribution is -2.11. The molecule has 43 heavy (non-hydrogen) atoms. The van der Waals surface area contributed by atoms with Crippen molar-refractivity contribution in [3.8, 4) is 17.2 Å². The first-order valence-electron chi connectivity index (χ1n) is 16.1. The molecule has 0 atom stereocenters. The second-order valence-electron chi connectivity index (χ2n) is 11.2. The number of carboxylic acids is 1. The molecule has 0 aromatic heterocycles. The van der Waals surface area contributed by atoms with E-state index in [0.717, 1.165) is 19.3 Å². The van der Waals surface area contributed by atoms with Gasteiger partial charge in [-0.2, -0.15) is 0 Å². The van der Waals surface area contributed by atoms with Gasteiger partial charge in [-0.05, 0) is 61.7 Å². The first kappa shape index (κ1) is 36.4. The zero-order valence-corrected chi connectivity index (χ0v) is 26.5.